The van der Waals surface area contributed by atoms with Gasteiger partial charge in [-0.1, -0.05) is 25.9 Å². The Labute approximate surface area is 180 Å². The Morgan fingerprint density at radius 3 is 2.70 bits per heavy atom. The van der Waals surface area contributed by atoms with E-state index in [1.54, 1.807) is 0 Å². The van der Waals surface area contributed by atoms with Crippen molar-refractivity contribution in [2.24, 2.45) is 45.6 Å². The molecule has 1 heterocycles. The number of oxime groups is 1. The van der Waals surface area contributed by atoms with Gasteiger partial charge in [0.2, 0.25) is 0 Å². The van der Waals surface area contributed by atoms with E-state index in [0.717, 1.165) is 58.0 Å². The number of nitrogens with zero attached hydrogens (tertiary/aromatic N) is 1. The Hall–Kier alpha value is -0.970. The zero-order valence-electron chi connectivity index (χ0n) is 19.0. The first-order chi connectivity index (χ1) is 14.4. The van der Waals surface area contributed by atoms with Crippen molar-refractivity contribution in [3.8, 4) is 0 Å². The molecule has 0 spiro atoms. The zero-order valence-corrected chi connectivity index (χ0v) is 19.0. The SMILES string of the molecule is CC[C@H]1C(=NOC2CCNC2)CC[C@]2(C)C3CC[C@]4(C)C(=O)C(F)CC4C3CCC12. The van der Waals surface area contributed by atoms with Crippen LogP contribution in [0.25, 0.3) is 0 Å². The fourth-order valence-electron chi connectivity index (χ4n) is 8.57. The predicted octanol–water partition coefficient (Wildman–Crippen LogP) is 4.92. The molecule has 0 aromatic rings. The number of rotatable bonds is 3. The van der Waals surface area contributed by atoms with Gasteiger partial charge in [0.05, 0.1) is 5.71 Å². The van der Waals surface area contributed by atoms with E-state index in [9.17, 15) is 9.18 Å². The summed E-state index contributed by atoms with van der Waals surface area (Å²) in [7, 11) is 0. The number of hydrogen-bond donors (Lipinski definition) is 1. The Kier molecular flexibility index (Phi) is 5.27. The molecular formula is C25H39FN2O2. The summed E-state index contributed by atoms with van der Waals surface area (Å²) in [4.78, 5) is 18.5. The van der Waals surface area contributed by atoms with Crippen LogP contribution in [0, 0.1) is 40.4 Å². The Bertz CT molecular complexity index is 720. The molecule has 0 amide bonds. The van der Waals surface area contributed by atoms with E-state index >= 15 is 0 Å². The highest BCUT2D eigenvalue weighted by molar-refractivity contribution is 5.91. The van der Waals surface area contributed by atoms with Crippen LogP contribution >= 0.6 is 0 Å². The van der Waals surface area contributed by atoms with E-state index < -0.39 is 11.6 Å². The molecule has 4 saturated carbocycles. The smallest absolute Gasteiger partial charge is 0.173 e. The fraction of sp³-hybridized carbons (Fsp3) is 0.920. The van der Waals surface area contributed by atoms with Crippen LogP contribution in [-0.4, -0.2) is 36.9 Å². The number of Topliss-reactive ketones (excluding diaryl/α,β-unsaturated/α-hetero) is 1. The number of nitrogens with one attached hydrogen (secondary N) is 1. The Balaban J connectivity index is 1.37. The number of carbonyl (C=O) groups is 1. The first-order valence-corrected chi connectivity index (χ1v) is 12.5. The number of carbonyl (C=O) groups excluding carboxylic acids is 1. The van der Waals surface area contributed by atoms with Crippen LogP contribution in [0.3, 0.4) is 0 Å². The van der Waals surface area contributed by atoms with Crippen LogP contribution in [0.15, 0.2) is 5.16 Å². The second-order valence-corrected chi connectivity index (χ2v) is 11.4. The Morgan fingerprint density at radius 1 is 1.13 bits per heavy atom. The van der Waals surface area contributed by atoms with Crippen molar-refractivity contribution >= 4 is 11.5 Å². The van der Waals surface area contributed by atoms with Gasteiger partial charge in [-0.3, -0.25) is 4.79 Å². The van der Waals surface area contributed by atoms with Gasteiger partial charge in [-0.05, 0) is 87.0 Å². The molecule has 5 fully saturated rings. The average molecular weight is 419 g/mol. The molecule has 1 aliphatic heterocycles. The van der Waals surface area contributed by atoms with Crippen molar-refractivity contribution in [2.45, 2.75) is 90.8 Å². The van der Waals surface area contributed by atoms with Crippen LogP contribution in [-0.2, 0) is 9.63 Å². The third-order valence-electron chi connectivity index (χ3n) is 10.2. The van der Waals surface area contributed by atoms with Gasteiger partial charge < -0.3 is 10.2 Å². The molecule has 5 aliphatic rings. The summed E-state index contributed by atoms with van der Waals surface area (Å²) in [5.41, 5.74) is 1.17. The summed E-state index contributed by atoms with van der Waals surface area (Å²) in [5.74, 6) is 2.45. The van der Waals surface area contributed by atoms with Gasteiger partial charge in [0.15, 0.2) is 12.0 Å². The standard InChI is InChI=1S/C25H39FN2O2/c1-4-16-18-6-5-17-19(7-10-25(3)20(17)13-21(26)23(25)29)24(18,2)11-8-22(16)28-30-15-9-12-27-14-15/h15-21,27H,4-14H2,1-3H3/t15?,16-,17?,18?,19?,20?,21?,24+,25+/m1/s1. The molecule has 168 valence electrons. The first-order valence-electron chi connectivity index (χ1n) is 12.5. The molecule has 4 nitrogen and oxygen atoms in total. The lowest BCUT2D eigenvalue weighted by atomic mass is 9.43. The van der Waals surface area contributed by atoms with Gasteiger partial charge in [0, 0.05) is 24.3 Å². The average Bonchev–Trinajstić information content (AvgIpc) is 3.33. The summed E-state index contributed by atoms with van der Waals surface area (Å²) in [6, 6.07) is 0. The maximum atomic E-state index is 14.4. The fourth-order valence-corrected chi connectivity index (χ4v) is 8.57. The van der Waals surface area contributed by atoms with Crippen LogP contribution < -0.4 is 5.32 Å². The summed E-state index contributed by atoms with van der Waals surface area (Å²) in [5, 5.41) is 8.06. The third kappa shape index (κ3) is 3.01. The second kappa shape index (κ2) is 7.56. The number of ketones is 1. The van der Waals surface area contributed by atoms with E-state index in [0.29, 0.717) is 30.1 Å². The molecule has 6 unspecified atom stereocenters. The summed E-state index contributed by atoms with van der Waals surface area (Å²) in [6.45, 7) is 8.82. The molecule has 9 atom stereocenters. The highest BCUT2D eigenvalue weighted by atomic mass is 19.1. The first kappa shape index (κ1) is 20.9. The van der Waals surface area contributed by atoms with E-state index in [2.05, 4.69) is 26.1 Å². The number of hydrogen-bond acceptors (Lipinski definition) is 4. The monoisotopic (exact) mass is 418 g/mol. The molecule has 4 aliphatic carbocycles. The summed E-state index contributed by atoms with van der Waals surface area (Å²) < 4.78 is 14.4. The number of halogens is 1. The minimum Gasteiger partial charge on any atom is -0.391 e. The van der Waals surface area contributed by atoms with E-state index in [-0.39, 0.29) is 23.2 Å². The van der Waals surface area contributed by atoms with Gasteiger partial charge in [0.25, 0.3) is 0 Å². The Morgan fingerprint density at radius 2 is 1.97 bits per heavy atom. The molecule has 0 aromatic heterocycles. The maximum Gasteiger partial charge on any atom is 0.173 e. The van der Waals surface area contributed by atoms with Crippen molar-refractivity contribution in [3.63, 3.8) is 0 Å². The van der Waals surface area contributed by atoms with Crippen LogP contribution in [0.1, 0.15) is 78.6 Å². The quantitative estimate of drug-likeness (QED) is 0.662. The number of alkyl halides is 1. The minimum atomic E-state index is -1.22. The van der Waals surface area contributed by atoms with Gasteiger partial charge in [-0.15, -0.1) is 0 Å². The van der Waals surface area contributed by atoms with Crippen molar-refractivity contribution < 1.29 is 14.0 Å². The molecule has 1 N–H and O–H groups in total. The molecule has 5 rings (SSSR count). The maximum absolute atomic E-state index is 14.4. The van der Waals surface area contributed by atoms with Gasteiger partial charge in [0.1, 0.15) is 6.10 Å². The lowest BCUT2D eigenvalue weighted by Crippen LogP contribution is -2.56. The predicted molar refractivity (Wildman–Crippen MR) is 116 cm³/mol. The van der Waals surface area contributed by atoms with Crippen LogP contribution in [0.2, 0.25) is 0 Å². The van der Waals surface area contributed by atoms with E-state index in [1.807, 2.05) is 0 Å². The van der Waals surface area contributed by atoms with Crippen molar-refractivity contribution in [1.82, 2.24) is 5.32 Å². The van der Waals surface area contributed by atoms with E-state index in [4.69, 9.17) is 9.99 Å². The topological polar surface area (TPSA) is 50.7 Å². The van der Waals surface area contributed by atoms with Crippen molar-refractivity contribution in [3.05, 3.63) is 0 Å². The second-order valence-electron chi connectivity index (χ2n) is 11.4. The van der Waals surface area contributed by atoms with Crippen molar-refractivity contribution in [1.29, 1.82) is 0 Å². The molecular weight excluding hydrogens is 379 g/mol. The van der Waals surface area contributed by atoms with Crippen LogP contribution in [0.4, 0.5) is 4.39 Å². The summed E-state index contributed by atoms with van der Waals surface area (Å²) >= 11 is 0. The largest absolute Gasteiger partial charge is 0.391 e. The van der Waals surface area contributed by atoms with Gasteiger partial charge in [-0.25, -0.2) is 4.39 Å². The lowest BCUT2D eigenvalue weighted by Gasteiger charge is -2.61. The number of fused-ring (bicyclic) bond motifs is 5. The van der Waals surface area contributed by atoms with Crippen molar-refractivity contribution in [2.75, 3.05) is 13.1 Å². The molecule has 1 saturated heterocycles. The molecule has 0 aromatic carbocycles. The molecule has 0 bridgehead atoms. The molecule has 5 heteroatoms. The summed E-state index contributed by atoms with van der Waals surface area (Å²) in [6.07, 6.45) is 8.17. The lowest BCUT2D eigenvalue weighted by molar-refractivity contribution is -0.140. The minimum absolute atomic E-state index is 0.0960. The van der Waals surface area contributed by atoms with E-state index in [1.165, 1.54) is 12.1 Å². The highest BCUT2D eigenvalue weighted by Gasteiger charge is 2.63. The zero-order chi connectivity index (χ0) is 21.1. The highest BCUT2D eigenvalue weighted by Crippen LogP contribution is 2.66. The molecule has 30 heavy (non-hydrogen) atoms. The molecule has 0 radical (unpaired) electrons. The third-order valence-corrected chi connectivity index (χ3v) is 10.2. The van der Waals surface area contributed by atoms with Crippen LogP contribution in [0.5, 0.6) is 0 Å². The normalized spacial score (nSPS) is 52.1. The van der Waals surface area contributed by atoms with Gasteiger partial charge in [-0.2, -0.15) is 0 Å². The van der Waals surface area contributed by atoms with Gasteiger partial charge >= 0.3 is 0 Å².